The Hall–Kier alpha value is -0.520. The molecule has 0 fully saturated rings. The van der Waals surface area contributed by atoms with Crippen molar-refractivity contribution >= 4 is 0 Å². The Morgan fingerprint density at radius 3 is 2.59 bits per heavy atom. The highest BCUT2D eigenvalue weighted by molar-refractivity contribution is 5.11. The maximum absolute atomic E-state index is 4.31. The first kappa shape index (κ1) is 14.5. The Balaban J connectivity index is 2.05. The molecular formula is C17H30. The quantitative estimate of drug-likeness (QED) is 0.355. The fourth-order valence-corrected chi connectivity index (χ4v) is 2.67. The first-order valence-electron chi connectivity index (χ1n) is 7.57. The average Bonchev–Trinajstić information content (AvgIpc) is 2.34. The molecule has 0 nitrogen and oxygen atoms in total. The van der Waals surface area contributed by atoms with E-state index >= 15 is 0 Å². The molecule has 0 heterocycles. The first-order valence-corrected chi connectivity index (χ1v) is 7.57. The van der Waals surface area contributed by atoms with Crippen LogP contribution in [-0.2, 0) is 0 Å². The lowest BCUT2D eigenvalue weighted by Crippen LogP contribution is -2.07. The van der Waals surface area contributed by atoms with Crippen LogP contribution >= 0.6 is 0 Å². The lowest BCUT2D eigenvalue weighted by Gasteiger charge is -2.22. The topological polar surface area (TPSA) is 0 Å². The van der Waals surface area contributed by atoms with Gasteiger partial charge in [-0.3, -0.25) is 0 Å². The van der Waals surface area contributed by atoms with E-state index in [-0.39, 0.29) is 0 Å². The van der Waals surface area contributed by atoms with E-state index in [1.54, 1.807) is 5.57 Å². The van der Waals surface area contributed by atoms with Gasteiger partial charge in [0.25, 0.3) is 0 Å². The SMILES string of the molecule is C=C(CCCCCCCC)C1CC=C(C)CC1. The van der Waals surface area contributed by atoms with Gasteiger partial charge in [-0.05, 0) is 44.9 Å². The Kier molecular flexibility index (Phi) is 7.32. The van der Waals surface area contributed by atoms with Crippen molar-refractivity contribution < 1.29 is 0 Å². The molecule has 17 heavy (non-hydrogen) atoms. The molecule has 0 radical (unpaired) electrons. The van der Waals surface area contributed by atoms with Gasteiger partial charge in [-0.1, -0.05) is 62.8 Å². The van der Waals surface area contributed by atoms with E-state index in [4.69, 9.17) is 0 Å². The maximum atomic E-state index is 4.31. The number of hydrogen-bond donors (Lipinski definition) is 0. The van der Waals surface area contributed by atoms with Gasteiger partial charge in [-0.25, -0.2) is 0 Å². The van der Waals surface area contributed by atoms with Gasteiger partial charge in [0, 0.05) is 0 Å². The van der Waals surface area contributed by atoms with Crippen molar-refractivity contribution in [1.82, 2.24) is 0 Å². The van der Waals surface area contributed by atoms with Gasteiger partial charge in [0.1, 0.15) is 0 Å². The lowest BCUT2D eigenvalue weighted by molar-refractivity contribution is 0.509. The molecule has 98 valence electrons. The molecule has 1 aliphatic rings. The van der Waals surface area contributed by atoms with Crippen LogP contribution in [0.5, 0.6) is 0 Å². The van der Waals surface area contributed by atoms with E-state index in [2.05, 4.69) is 26.5 Å². The summed E-state index contributed by atoms with van der Waals surface area (Å²) in [6.45, 7) is 8.84. The predicted molar refractivity (Wildman–Crippen MR) is 78.2 cm³/mol. The molecule has 0 heteroatoms. The Morgan fingerprint density at radius 2 is 1.94 bits per heavy atom. The summed E-state index contributed by atoms with van der Waals surface area (Å²) in [5.41, 5.74) is 3.10. The number of unbranched alkanes of at least 4 members (excludes halogenated alkanes) is 5. The van der Waals surface area contributed by atoms with E-state index in [1.807, 2.05) is 0 Å². The second-order valence-corrected chi connectivity index (χ2v) is 5.70. The zero-order valence-corrected chi connectivity index (χ0v) is 11.9. The Bertz CT molecular complexity index is 247. The van der Waals surface area contributed by atoms with Gasteiger partial charge in [0.2, 0.25) is 0 Å². The van der Waals surface area contributed by atoms with E-state index < -0.39 is 0 Å². The van der Waals surface area contributed by atoms with Gasteiger partial charge in [-0.2, -0.15) is 0 Å². The van der Waals surface area contributed by atoms with Crippen LogP contribution in [0.3, 0.4) is 0 Å². The molecule has 0 spiro atoms. The van der Waals surface area contributed by atoms with Crippen LogP contribution in [0.25, 0.3) is 0 Å². The molecule has 1 rings (SSSR count). The van der Waals surface area contributed by atoms with Crippen LogP contribution in [0.4, 0.5) is 0 Å². The van der Waals surface area contributed by atoms with Crippen molar-refractivity contribution in [3.63, 3.8) is 0 Å². The molecule has 1 unspecified atom stereocenters. The predicted octanol–water partition coefficient (Wildman–Crippen LogP) is 6.04. The minimum absolute atomic E-state index is 0.786. The highest BCUT2D eigenvalue weighted by Crippen LogP contribution is 2.30. The molecule has 0 aromatic rings. The van der Waals surface area contributed by atoms with Gasteiger partial charge in [0.15, 0.2) is 0 Å². The molecule has 0 saturated carbocycles. The second-order valence-electron chi connectivity index (χ2n) is 5.70. The molecule has 0 aromatic heterocycles. The molecule has 1 aliphatic carbocycles. The van der Waals surface area contributed by atoms with Crippen molar-refractivity contribution in [2.45, 2.75) is 78.1 Å². The zero-order valence-electron chi connectivity index (χ0n) is 11.9. The summed E-state index contributed by atoms with van der Waals surface area (Å²) in [7, 11) is 0. The smallest absolute Gasteiger partial charge is 0.0168 e. The van der Waals surface area contributed by atoms with E-state index in [1.165, 1.54) is 69.8 Å². The van der Waals surface area contributed by atoms with Gasteiger partial charge < -0.3 is 0 Å². The molecule has 0 saturated heterocycles. The van der Waals surface area contributed by atoms with E-state index in [9.17, 15) is 0 Å². The minimum atomic E-state index is 0.786. The van der Waals surface area contributed by atoms with Crippen LogP contribution in [0.2, 0.25) is 0 Å². The second kappa shape index (κ2) is 8.55. The molecule has 0 N–H and O–H groups in total. The van der Waals surface area contributed by atoms with Crippen LogP contribution in [0.15, 0.2) is 23.8 Å². The van der Waals surface area contributed by atoms with Crippen LogP contribution in [-0.4, -0.2) is 0 Å². The van der Waals surface area contributed by atoms with Crippen molar-refractivity contribution in [1.29, 1.82) is 0 Å². The Morgan fingerprint density at radius 1 is 1.24 bits per heavy atom. The fourth-order valence-electron chi connectivity index (χ4n) is 2.67. The summed E-state index contributed by atoms with van der Waals surface area (Å²) >= 11 is 0. The largest absolute Gasteiger partial charge is 0.0996 e. The standard InChI is InChI=1S/C17H30/c1-4-5-6-7-8-9-10-16(3)17-13-11-15(2)12-14-17/h11,17H,3-10,12-14H2,1-2H3. The summed E-state index contributed by atoms with van der Waals surface area (Å²) in [5.74, 6) is 0.786. The summed E-state index contributed by atoms with van der Waals surface area (Å²) < 4.78 is 0. The Labute approximate surface area is 108 Å². The van der Waals surface area contributed by atoms with Crippen LogP contribution in [0, 0.1) is 5.92 Å². The fraction of sp³-hybridized carbons (Fsp3) is 0.765. The summed E-state index contributed by atoms with van der Waals surface area (Å²) in [4.78, 5) is 0. The van der Waals surface area contributed by atoms with Crippen molar-refractivity contribution in [2.75, 3.05) is 0 Å². The third kappa shape index (κ3) is 6.10. The minimum Gasteiger partial charge on any atom is -0.0996 e. The highest BCUT2D eigenvalue weighted by atomic mass is 14.2. The molecule has 0 amide bonds. The third-order valence-corrected chi connectivity index (χ3v) is 4.07. The van der Waals surface area contributed by atoms with Crippen LogP contribution in [0.1, 0.15) is 78.1 Å². The normalized spacial score (nSPS) is 20.1. The van der Waals surface area contributed by atoms with Crippen molar-refractivity contribution in [3.05, 3.63) is 23.8 Å². The molecule has 1 atom stereocenters. The molecular weight excluding hydrogens is 204 g/mol. The lowest BCUT2D eigenvalue weighted by atomic mass is 9.83. The van der Waals surface area contributed by atoms with Crippen molar-refractivity contribution in [2.24, 2.45) is 5.92 Å². The van der Waals surface area contributed by atoms with Gasteiger partial charge in [0.05, 0.1) is 0 Å². The summed E-state index contributed by atoms with van der Waals surface area (Å²) in [6.07, 6.45) is 15.9. The number of allylic oxidation sites excluding steroid dienone is 3. The van der Waals surface area contributed by atoms with Crippen LogP contribution < -0.4 is 0 Å². The van der Waals surface area contributed by atoms with E-state index in [0.29, 0.717) is 0 Å². The van der Waals surface area contributed by atoms with Gasteiger partial charge >= 0.3 is 0 Å². The number of rotatable bonds is 8. The van der Waals surface area contributed by atoms with Gasteiger partial charge in [-0.15, -0.1) is 0 Å². The molecule has 0 aromatic carbocycles. The highest BCUT2D eigenvalue weighted by Gasteiger charge is 2.14. The monoisotopic (exact) mass is 234 g/mol. The average molecular weight is 234 g/mol. The summed E-state index contributed by atoms with van der Waals surface area (Å²) in [6, 6.07) is 0. The zero-order chi connectivity index (χ0) is 12.5. The number of hydrogen-bond acceptors (Lipinski definition) is 0. The van der Waals surface area contributed by atoms with E-state index in [0.717, 1.165) is 5.92 Å². The summed E-state index contributed by atoms with van der Waals surface area (Å²) in [5, 5.41) is 0. The maximum Gasteiger partial charge on any atom is -0.0168 e. The van der Waals surface area contributed by atoms with Crippen molar-refractivity contribution in [3.8, 4) is 0 Å². The molecule has 0 aliphatic heterocycles. The molecule has 0 bridgehead atoms. The third-order valence-electron chi connectivity index (χ3n) is 4.07. The first-order chi connectivity index (χ1) is 8.24.